The Morgan fingerprint density at radius 1 is 1.07 bits per heavy atom. The van der Waals surface area contributed by atoms with Gasteiger partial charge in [-0.05, 0) is 31.2 Å². The van der Waals surface area contributed by atoms with Crippen molar-refractivity contribution in [2.75, 3.05) is 51.8 Å². The predicted octanol–water partition coefficient (Wildman–Crippen LogP) is 2.70. The van der Waals surface area contributed by atoms with Crippen molar-refractivity contribution < 1.29 is 14.6 Å². The molecule has 0 amide bonds. The van der Waals surface area contributed by atoms with Crippen molar-refractivity contribution >= 4 is 11.6 Å². The van der Waals surface area contributed by atoms with Gasteiger partial charge in [0.1, 0.15) is 17.2 Å². The molecule has 3 rings (SSSR count). The van der Waals surface area contributed by atoms with Gasteiger partial charge in [-0.3, -0.25) is 0 Å². The Morgan fingerprint density at radius 2 is 1.83 bits per heavy atom. The van der Waals surface area contributed by atoms with E-state index in [1.54, 1.807) is 20.3 Å². The van der Waals surface area contributed by atoms with Crippen LogP contribution in [-0.4, -0.2) is 62.9 Å². The van der Waals surface area contributed by atoms with E-state index >= 15 is 0 Å². The summed E-state index contributed by atoms with van der Waals surface area (Å²) in [6, 6.07) is 13.3. The average molecular weight is 399 g/mol. The third kappa shape index (κ3) is 5.04. The Bertz CT molecular complexity index is 833. The number of benzene rings is 2. The van der Waals surface area contributed by atoms with Gasteiger partial charge >= 0.3 is 0 Å². The molecule has 0 bridgehead atoms. The second-order valence-electron chi connectivity index (χ2n) is 6.81. The van der Waals surface area contributed by atoms with Gasteiger partial charge in [0.15, 0.2) is 5.96 Å². The minimum absolute atomic E-state index is 0.327. The fraction of sp³-hybridized carbons (Fsp3) is 0.409. The van der Waals surface area contributed by atoms with Crippen LogP contribution in [0.15, 0.2) is 47.5 Å². The van der Waals surface area contributed by atoms with Crippen LogP contribution in [0.2, 0.25) is 0 Å². The number of aromatic hydroxyl groups is 1. The Morgan fingerprint density at radius 3 is 2.48 bits per heavy atom. The summed E-state index contributed by atoms with van der Waals surface area (Å²) in [6.07, 6.45) is 0. The molecule has 0 radical (unpaired) electrons. The van der Waals surface area contributed by atoms with Crippen LogP contribution in [0.3, 0.4) is 0 Å². The predicted molar refractivity (Wildman–Crippen MR) is 116 cm³/mol. The summed E-state index contributed by atoms with van der Waals surface area (Å²) in [4.78, 5) is 9.30. The van der Waals surface area contributed by atoms with E-state index in [9.17, 15) is 5.11 Å². The molecule has 0 unspecified atom stereocenters. The first kappa shape index (κ1) is 20.6. The molecular weight excluding hydrogens is 368 g/mol. The van der Waals surface area contributed by atoms with Crippen molar-refractivity contribution in [1.82, 2.24) is 10.2 Å². The first-order valence-corrected chi connectivity index (χ1v) is 9.93. The summed E-state index contributed by atoms with van der Waals surface area (Å²) in [5.74, 6) is 2.76. The van der Waals surface area contributed by atoms with Gasteiger partial charge in [-0.25, -0.2) is 4.99 Å². The highest BCUT2D eigenvalue weighted by Gasteiger charge is 2.21. The summed E-state index contributed by atoms with van der Waals surface area (Å²) in [7, 11) is 3.30. The quantitative estimate of drug-likeness (QED) is 0.576. The first-order chi connectivity index (χ1) is 14.2. The van der Waals surface area contributed by atoms with Crippen molar-refractivity contribution in [3.8, 4) is 17.2 Å². The van der Waals surface area contributed by atoms with E-state index in [4.69, 9.17) is 14.5 Å². The minimum atomic E-state index is 0.327. The maximum atomic E-state index is 10.1. The lowest BCUT2D eigenvalue weighted by Crippen LogP contribution is -2.52. The third-order valence-electron chi connectivity index (χ3n) is 5.03. The van der Waals surface area contributed by atoms with Gasteiger partial charge in [-0.15, -0.1) is 0 Å². The lowest BCUT2D eigenvalue weighted by molar-refractivity contribution is 0.369. The summed E-state index contributed by atoms with van der Waals surface area (Å²) in [6.45, 7) is 6.72. The number of hydrogen-bond acceptors (Lipinski definition) is 5. The largest absolute Gasteiger partial charge is 0.506 e. The highest BCUT2D eigenvalue weighted by atomic mass is 16.5. The number of phenolic OH excluding ortho intramolecular Hbond substituents is 1. The molecule has 7 nitrogen and oxygen atoms in total. The Balaban J connectivity index is 1.68. The van der Waals surface area contributed by atoms with Crippen molar-refractivity contribution in [1.29, 1.82) is 0 Å². The van der Waals surface area contributed by atoms with Gasteiger partial charge in [-0.2, -0.15) is 0 Å². The molecule has 7 heteroatoms. The highest BCUT2D eigenvalue weighted by Crippen LogP contribution is 2.27. The van der Waals surface area contributed by atoms with Crippen LogP contribution in [0.4, 0.5) is 5.69 Å². The van der Waals surface area contributed by atoms with E-state index in [-0.39, 0.29) is 0 Å². The molecule has 0 aliphatic carbocycles. The Hall–Kier alpha value is -3.09. The normalized spacial score (nSPS) is 14.7. The second kappa shape index (κ2) is 9.91. The number of methoxy groups -OCH3 is 2. The summed E-state index contributed by atoms with van der Waals surface area (Å²) >= 11 is 0. The van der Waals surface area contributed by atoms with Gasteiger partial charge in [0.2, 0.25) is 0 Å². The number of aliphatic imine (C=N–C) groups is 1. The van der Waals surface area contributed by atoms with Crippen molar-refractivity contribution in [2.24, 2.45) is 4.99 Å². The van der Waals surface area contributed by atoms with E-state index < -0.39 is 0 Å². The molecule has 1 heterocycles. The van der Waals surface area contributed by atoms with Crippen LogP contribution >= 0.6 is 0 Å². The number of hydrogen-bond donors (Lipinski definition) is 2. The summed E-state index contributed by atoms with van der Waals surface area (Å²) in [5.41, 5.74) is 1.90. The number of nitrogens with zero attached hydrogens (tertiary/aromatic N) is 3. The molecule has 0 spiro atoms. The molecule has 2 aromatic carbocycles. The molecule has 29 heavy (non-hydrogen) atoms. The van der Waals surface area contributed by atoms with Gasteiger partial charge in [0, 0.05) is 44.4 Å². The number of guanidine groups is 1. The van der Waals surface area contributed by atoms with Crippen LogP contribution in [0.25, 0.3) is 0 Å². The maximum Gasteiger partial charge on any atom is 0.194 e. The molecule has 1 saturated heterocycles. The fourth-order valence-corrected chi connectivity index (χ4v) is 3.46. The Kier molecular flexibility index (Phi) is 7.05. The molecule has 0 aromatic heterocycles. The van der Waals surface area contributed by atoms with Crippen molar-refractivity contribution in [3.05, 3.63) is 48.0 Å². The van der Waals surface area contributed by atoms with Crippen LogP contribution in [-0.2, 0) is 6.54 Å². The number of ether oxygens (including phenoxy) is 2. The lowest BCUT2D eigenvalue weighted by atomic mass is 10.2. The second-order valence-corrected chi connectivity index (χ2v) is 6.81. The topological polar surface area (TPSA) is 69.6 Å². The SMILES string of the molecule is CCNC(=NCc1ccc(OC)cc1OC)N1CCN(c2ccccc2O)CC1. The molecular formula is C22H30N4O3. The van der Waals surface area contributed by atoms with Crippen LogP contribution < -0.4 is 19.7 Å². The van der Waals surface area contributed by atoms with Crippen LogP contribution in [0.1, 0.15) is 12.5 Å². The highest BCUT2D eigenvalue weighted by molar-refractivity contribution is 5.80. The fourth-order valence-electron chi connectivity index (χ4n) is 3.46. The number of para-hydroxylation sites is 2. The van der Waals surface area contributed by atoms with Gasteiger partial charge < -0.3 is 29.7 Å². The van der Waals surface area contributed by atoms with Crippen molar-refractivity contribution in [2.45, 2.75) is 13.5 Å². The number of nitrogens with one attached hydrogen (secondary N) is 1. The zero-order chi connectivity index (χ0) is 20.6. The van der Waals surface area contributed by atoms with E-state index in [2.05, 4.69) is 22.0 Å². The van der Waals surface area contributed by atoms with Crippen molar-refractivity contribution in [3.63, 3.8) is 0 Å². The standard InChI is InChI=1S/C22H30N4O3/c1-4-23-22(24-16-17-9-10-18(28-2)15-21(17)29-3)26-13-11-25(12-14-26)19-7-5-6-8-20(19)27/h5-10,15,27H,4,11-14,16H2,1-3H3,(H,23,24). The van der Waals surface area contributed by atoms with Crippen LogP contribution in [0, 0.1) is 0 Å². The zero-order valence-electron chi connectivity index (χ0n) is 17.4. The molecule has 1 fully saturated rings. The molecule has 0 saturated carbocycles. The smallest absolute Gasteiger partial charge is 0.194 e. The van der Waals surface area contributed by atoms with Gasteiger partial charge in [0.05, 0.1) is 26.5 Å². The molecule has 0 atom stereocenters. The molecule has 1 aliphatic rings. The monoisotopic (exact) mass is 398 g/mol. The molecule has 2 aromatic rings. The molecule has 1 aliphatic heterocycles. The first-order valence-electron chi connectivity index (χ1n) is 9.93. The number of piperazine rings is 1. The van der Waals surface area contributed by atoms with E-state index in [1.807, 2.05) is 36.4 Å². The van der Waals surface area contributed by atoms with E-state index in [1.165, 1.54) is 0 Å². The van der Waals surface area contributed by atoms with Crippen LogP contribution in [0.5, 0.6) is 17.2 Å². The number of phenols is 1. The minimum Gasteiger partial charge on any atom is -0.506 e. The summed E-state index contributed by atoms with van der Waals surface area (Å²) < 4.78 is 10.8. The molecule has 156 valence electrons. The number of anilines is 1. The lowest BCUT2D eigenvalue weighted by Gasteiger charge is -2.37. The number of rotatable bonds is 6. The maximum absolute atomic E-state index is 10.1. The summed E-state index contributed by atoms with van der Waals surface area (Å²) in [5, 5.41) is 13.5. The average Bonchev–Trinajstić information content (AvgIpc) is 2.77. The molecule has 2 N–H and O–H groups in total. The van der Waals surface area contributed by atoms with Gasteiger partial charge in [-0.1, -0.05) is 12.1 Å². The van der Waals surface area contributed by atoms with Gasteiger partial charge in [0.25, 0.3) is 0 Å². The zero-order valence-corrected chi connectivity index (χ0v) is 17.4. The Labute approximate surface area is 172 Å². The van der Waals surface area contributed by atoms with E-state index in [0.717, 1.165) is 61.4 Å². The third-order valence-corrected chi connectivity index (χ3v) is 5.03. The van der Waals surface area contributed by atoms with E-state index in [0.29, 0.717) is 12.3 Å².